The van der Waals surface area contributed by atoms with E-state index in [1.54, 1.807) is 0 Å². The second-order valence-electron chi connectivity index (χ2n) is 0.399. The standard InChI is InChI=1S/C2HBr2F/c3-1-2(4)5/h1H/b2-1+. The third-order valence-corrected chi connectivity index (χ3v) is 1.33. The van der Waals surface area contributed by atoms with Crippen molar-refractivity contribution in [2.24, 2.45) is 0 Å². The first-order chi connectivity index (χ1) is 2.27. The Hall–Kier alpha value is 0.630. The molecule has 0 aromatic carbocycles. The zero-order chi connectivity index (χ0) is 4.28. The Morgan fingerprint density at radius 3 is 2.00 bits per heavy atom. The summed E-state index contributed by atoms with van der Waals surface area (Å²) in [5.74, 6) is 0. The lowest BCUT2D eigenvalue weighted by molar-refractivity contribution is 0.708. The summed E-state index contributed by atoms with van der Waals surface area (Å²) in [7, 11) is 0. The summed E-state index contributed by atoms with van der Waals surface area (Å²) < 4.78 is 10.8. The largest absolute Gasteiger partial charge is 0.198 e. The topological polar surface area (TPSA) is 0 Å². The third-order valence-electron chi connectivity index (χ3n) is 0.0825. The van der Waals surface area contributed by atoms with Crippen LogP contribution in [-0.4, -0.2) is 0 Å². The predicted octanol–water partition coefficient (Wildman–Crippen LogP) is 2.54. The summed E-state index contributed by atoms with van der Waals surface area (Å²) in [6.45, 7) is 0. The number of hydrogen-bond acceptors (Lipinski definition) is 0. The molecule has 0 atom stereocenters. The highest BCUT2D eigenvalue weighted by atomic mass is 79.9. The van der Waals surface area contributed by atoms with Crippen LogP contribution in [0.5, 0.6) is 0 Å². The van der Waals surface area contributed by atoms with Crippen LogP contribution in [-0.2, 0) is 0 Å². The van der Waals surface area contributed by atoms with Crippen LogP contribution in [0.4, 0.5) is 4.39 Å². The van der Waals surface area contributed by atoms with Gasteiger partial charge in [0.15, 0.2) is 4.74 Å². The van der Waals surface area contributed by atoms with Crippen LogP contribution in [0.1, 0.15) is 0 Å². The molecule has 0 radical (unpaired) electrons. The molecule has 0 saturated carbocycles. The monoisotopic (exact) mass is 202 g/mol. The van der Waals surface area contributed by atoms with Gasteiger partial charge < -0.3 is 0 Å². The third kappa shape index (κ3) is 4.63. The molecule has 0 saturated heterocycles. The van der Waals surface area contributed by atoms with E-state index in [4.69, 9.17) is 0 Å². The Morgan fingerprint density at radius 2 is 2.00 bits per heavy atom. The van der Waals surface area contributed by atoms with Crippen molar-refractivity contribution in [1.29, 1.82) is 0 Å². The molecule has 0 heterocycles. The molecule has 0 amide bonds. The molecule has 5 heavy (non-hydrogen) atoms. The highest BCUT2D eigenvalue weighted by Gasteiger charge is 1.72. The van der Waals surface area contributed by atoms with E-state index >= 15 is 0 Å². The molecule has 0 N–H and O–H groups in total. The van der Waals surface area contributed by atoms with Crippen LogP contribution >= 0.6 is 31.9 Å². The summed E-state index contributed by atoms with van der Waals surface area (Å²) in [5, 5.41) is 0. The van der Waals surface area contributed by atoms with Gasteiger partial charge in [-0.15, -0.1) is 0 Å². The van der Waals surface area contributed by atoms with Crippen molar-refractivity contribution in [2.45, 2.75) is 0 Å². The van der Waals surface area contributed by atoms with E-state index in [-0.39, 0.29) is 0 Å². The molecule has 0 bridgehead atoms. The second kappa shape index (κ2) is 2.85. The molecule has 0 spiro atoms. The Kier molecular flexibility index (Phi) is 3.20. The zero-order valence-electron chi connectivity index (χ0n) is 2.21. The number of hydrogen-bond donors (Lipinski definition) is 0. The summed E-state index contributed by atoms with van der Waals surface area (Å²) in [4.78, 5) is 1.15. The van der Waals surface area contributed by atoms with Gasteiger partial charge in [0.05, 0.1) is 0 Å². The summed E-state index contributed by atoms with van der Waals surface area (Å²) in [5.41, 5.74) is 0. The summed E-state index contributed by atoms with van der Waals surface area (Å²) >= 11 is 5.25. The summed E-state index contributed by atoms with van der Waals surface area (Å²) in [6, 6.07) is 0. The minimum atomic E-state index is -0.391. The van der Waals surface area contributed by atoms with Gasteiger partial charge in [-0.2, -0.15) is 4.39 Å². The average molecular weight is 204 g/mol. The van der Waals surface area contributed by atoms with E-state index in [0.29, 0.717) is 0 Å². The zero-order valence-corrected chi connectivity index (χ0v) is 5.38. The second-order valence-corrected chi connectivity index (χ2v) is 1.61. The fourth-order valence-corrected chi connectivity index (χ4v) is 0. The van der Waals surface area contributed by atoms with Crippen molar-refractivity contribution < 1.29 is 4.39 Å². The SMILES string of the molecule is F/C(Br)=C/Br. The van der Waals surface area contributed by atoms with Gasteiger partial charge >= 0.3 is 0 Å². The quantitative estimate of drug-likeness (QED) is 0.568. The Labute approximate surface area is 46.3 Å². The van der Waals surface area contributed by atoms with Crippen molar-refractivity contribution in [3.63, 3.8) is 0 Å². The molecule has 0 aliphatic heterocycles. The molecular weight excluding hydrogens is 203 g/mol. The van der Waals surface area contributed by atoms with Gasteiger partial charge in [-0.25, -0.2) is 0 Å². The van der Waals surface area contributed by atoms with Gasteiger partial charge in [0.1, 0.15) is 0 Å². The molecule has 0 aliphatic rings. The lowest BCUT2D eigenvalue weighted by atomic mass is 11.2. The highest BCUT2D eigenvalue weighted by molar-refractivity contribution is 9.13. The maximum atomic E-state index is 11.2. The molecule has 0 aromatic rings. The van der Waals surface area contributed by atoms with Crippen LogP contribution < -0.4 is 0 Å². The van der Waals surface area contributed by atoms with Crippen molar-refractivity contribution in [3.05, 3.63) is 9.72 Å². The first-order valence-corrected chi connectivity index (χ1v) is 2.59. The lowest BCUT2D eigenvalue weighted by Crippen LogP contribution is -1.35. The van der Waals surface area contributed by atoms with Crippen molar-refractivity contribution in [2.75, 3.05) is 0 Å². The van der Waals surface area contributed by atoms with E-state index in [9.17, 15) is 4.39 Å². The molecule has 0 unspecified atom stereocenters. The smallest absolute Gasteiger partial charge is 0.172 e. The fraction of sp³-hybridized carbons (Fsp3) is 0. The molecule has 0 rings (SSSR count). The minimum Gasteiger partial charge on any atom is -0.198 e. The molecule has 0 nitrogen and oxygen atoms in total. The average Bonchev–Trinajstić information content (AvgIpc) is 1.38. The maximum Gasteiger partial charge on any atom is 0.172 e. The van der Waals surface area contributed by atoms with Crippen LogP contribution in [0.3, 0.4) is 0 Å². The maximum absolute atomic E-state index is 11.2. The van der Waals surface area contributed by atoms with E-state index in [1.807, 2.05) is 0 Å². The molecule has 0 fully saturated rings. The predicted molar refractivity (Wildman–Crippen MR) is 27.0 cm³/mol. The lowest BCUT2D eigenvalue weighted by Gasteiger charge is -1.63. The van der Waals surface area contributed by atoms with E-state index in [2.05, 4.69) is 31.9 Å². The molecule has 0 aliphatic carbocycles. The Balaban J connectivity index is 3.14. The van der Waals surface area contributed by atoms with Crippen LogP contribution in [0.25, 0.3) is 0 Å². The summed E-state index contributed by atoms with van der Waals surface area (Å²) in [6.07, 6.45) is 0. The van der Waals surface area contributed by atoms with Crippen molar-refractivity contribution in [1.82, 2.24) is 0 Å². The number of halogens is 3. The minimum absolute atomic E-state index is 0.391. The fourth-order valence-electron chi connectivity index (χ4n) is 0. The Bertz CT molecular complexity index is 45.6. The van der Waals surface area contributed by atoms with Crippen LogP contribution in [0.2, 0.25) is 0 Å². The van der Waals surface area contributed by atoms with Crippen LogP contribution in [0.15, 0.2) is 9.72 Å². The van der Waals surface area contributed by atoms with Gasteiger partial charge in [-0.3, -0.25) is 0 Å². The van der Waals surface area contributed by atoms with E-state index in [1.165, 1.54) is 0 Å². The van der Waals surface area contributed by atoms with Crippen molar-refractivity contribution in [3.8, 4) is 0 Å². The normalized spacial score (nSPS) is 12.2. The van der Waals surface area contributed by atoms with E-state index in [0.717, 1.165) is 4.99 Å². The Morgan fingerprint density at radius 1 is 1.80 bits per heavy atom. The molecule has 30 valence electrons. The van der Waals surface area contributed by atoms with E-state index < -0.39 is 4.74 Å². The van der Waals surface area contributed by atoms with Gasteiger partial charge in [-0.1, -0.05) is 15.9 Å². The first-order valence-electron chi connectivity index (χ1n) is 0.885. The highest BCUT2D eigenvalue weighted by Crippen LogP contribution is 2.06. The number of rotatable bonds is 0. The molecular formula is C2HBr2F. The van der Waals surface area contributed by atoms with Gasteiger partial charge in [-0.05, 0) is 15.9 Å². The first kappa shape index (κ1) is 5.63. The molecule has 0 aromatic heterocycles. The van der Waals surface area contributed by atoms with Gasteiger partial charge in [0.25, 0.3) is 0 Å². The van der Waals surface area contributed by atoms with Crippen molar-refractivity contribution >= 4 is 31.9 Å². The van der Waals surface area contributed by atoms with Crippen LogP contribution in [0, 0.1) is 0 Å². The van der Waals surface area contributed by atoms with Gasteiger partial charge in [0, 0.05) is 4.99 Å². The molecule has 3 heteroatoms. The van der Waals surface area contributed by atoms with Gasteiger partial charge in [0.2, 0.25) is 0 Å².